The number of carbonyl (C=O) groups is 2. The second-order valence-electron chi connectivity index (χ2n) is 7.61. The standard InChI is InChI=1S/C16H27NO3/c1-15(2)12(16(15,3)4)13(18)17-9-10-7-5-6-8-11(10)14(19)20/h10-12H,5-9H2,1-4H3,(H,17,18)(H,19,20). The lowest BCUT2D eigenvalue weighted by atomic mass is 9.79. The van der Waals surface area contributed by atoms with Crippen molar-refractivity contribution in [2.75, 3.05) is 6.54 Å². The first-order valence-corrected chi connectivity index (χ1v) is 7.70. The highest BCUT2D eigenvalue weighted by atomic mass is 16.4. The molecule has 20 heavy (non-hydrogen) atoms. The van der Waals surface area contributed by atoms with Gasteiger partial charge in [0.25, 0.3) is 0 Å². The van der Waals surface area contributed by atoms with E-state index in [0.29, 0.717) is 6.54 Å². The summed E-state index contributed by atoms with van der Waals surface area (Å²) in [5.41, 5.74) is 0.0751. The Morgan fingerprint density at radius 3 is 2.15 bits per heavy atom. The summed E-state index contributed by atoms with van der Waals surface area (Å²) >= 11 is 0. The third kappa shape index (κ3) is 2.45. The maximum atomic E-state index is 12.3. The maximum Gasteiger partial charge on any atom is 0.306 e. The molecule has 0 aromatic rings. The van der Waals surface area contributed by atoms with E-state index in [0.717, 1.165) is 25.7 Å². The van der Waals surface area contributed by atoms with E-state index in [2.05, 4.69) is 33.0 Å². The van der Waals surface area contributed by atoms with E-state index in [4.69, 9.17) is 0 Å². The molecule has 2 unspecified atom stereocenters. The molecule has 0 aromatic carbocycles. The van der Waals surface area contributed by atoms with Crippen molar-refractivity contribution in [2.24, 2.45) is 28.6 Å². The van der Waals surface area contributed by atoms with Gasteiger partial charge < -0.3 is 10.4 Å². The van der Waals surface area contributed by atoms with E-state index in [9.17, 15) is 14.7 Å². The zero-order chi connectivity index (χ0) is 15.1. The highest BCUT2D eigenvalue weighted by molar-refractivity contribution is 5.84. The summed E-state index contributed by atoms with van der Waals surface area (Å²) in [4.78, 5) is 23.5. The smallest absolute Gasteiger partial charge is 0.306 e. The molecule has 1 amide bonds. The highest BCUT2D eigenvalue weighted by Gasteiger charge is 2.68. The van der Waals surface area contributed by atoms with E-state index in [1.807, 2.05) is 0 Å². The number of hydrogen-bond donors (Lipinski definition) is 2. The number of aliphatic carboxylic acids is 1. The largest absolute Gasteiger partial charge is 0.481 e. The van der Waals surface area contributed by atoms with Crippen molar-refractivity contribution >= 4 is 11.9 Å². The van der Waals surface area contributed by atoms with Gasteiger partial charge >= 0.3 is 5.97 Å². The minimum atomic E-state index is -0.712. The van der Waals surface area contributed by atoms with Crippen LogP contribution in [0.15, 0.2) is 0 Å². The minimum absolute atomic E-state index is 0.0375. The van der Waals surface area contributed by atoms with Gasteiger partial charge in [0, 0.05) is 12.5 Å². The summed E-state index contributed by atoms with van der Waals surface area (Å²) in [5.74, 6) is -0.771. The Morgan fingerprint density at radius 2 is 1.65 bits per heavy atom. The Balaban J connectivity index is 1.89. The first-order valence-electron chi connectivity index (χ1n) is 7.70. The number of rotatable bonds is 4. The second-order valence-corrected chi connectivity index (χ2v) is 7.61. The number of nitrogens with one attached hydrogen (secondary N) is 1. The lowest BCUT2D eigenvalue weighted by molar-refractivity contribution is -0.145. The molecule has 2 aliphatic rings. The average molecular weight is 281 g/mol. The molecule has 2 aliphatic carbocycles. The van der Waals surface area contributed by atoms with Crippen molar-refractivity contribution in [3.63, 3.8) is 0 Å². The van der Waals surface area contributed by atoms with Crippen LogP contribution in [0.1, 0.15) is 53.4 Å². The minimum Gasteiger partial charge on any atom is -0.481 e. The monoisotopic (exact) mass is 281 g/mol. The number of carbonyl (C=O) groups excluding carboxylic acids is 1. The molecule has 0 aromatic heterocycles. The van der Waals surface area contributed by atoms with Gasteiger partial charge in [0.1, 0.15) is 0 Å². The molecular formula is C16H27NO3. The molecule has 2 N–H and O–H groups in total. The van der Waals surface area contributed by atoms with Gasteiger partial charge in [-0.1, -0.05) is 40.5 Å². The van der Waals surface area contributed by atoms with Crippen molar-refractivity contribution < 1.29 is 14.7 Å². The Morgan fingerprint density at radius 1 is 1.10 bits per heavy atom. The number of hydrogen-bond acceptors (Lipinski definition) is 2. The molecule has 2 fully saturated rings. The third-order valence-electron chi connectivity index (χ3n) is 6.05. The summed E-state index contributed by atoms with van der Waals surface area (Å²) in [6.45, 7) is 9.00. The zero-order valence-electron chi connectivity index (χ0n) is 13.0. The molecule has 0 bridgehead atoms. The molecule has 2 rings (SSSR count). The van der Waals surface area contributed by atoms with Gasteiger partial charge in [-0.15, -0.1) is 0 Å². The molecule has 0 saturated heterocycles. The second kappa shape index (κ2) is 5.05. The fourth-order valence-electron chi connectivity index (χ4n) is 3.96. The molecule has 4 nitrogen and oxygen atoms in total. The van der Waals surface area contributed by atoms with E-state index in [-0.39, 0.29) is 34.5 Å². The van der Waals surface area contributed by atoms with E-state index < -0.39 is 5.97 Å². The highest BCUT2D eigenvalue weighted by Crippen LogP contribution is 2.68. The number of carboxylic acid groups (broad SMARTS) is 1. The molecule has 4 heteroatoms. The van der Waals surface area contributed by atoms with Crippen molar-refractivity contribution in [1.82, 2.24) is 5.32 Å². The summed E-state index contributed by atoms with van der Waals surface area (Å²) in [6.07, 6.45) is 3.72. The lowest BCUT2D eigenvalue weighted by Crippen LogP contribution is -2.38. The van der Waals surface area contributed by atoms with Crippen LogP contribution >= 0.6 is 0 Å². The Labute approximate surface area is 121 Å². The predicted octanol–water partition coefficient (Wildman–Crippen LogP) is 2.68. The summed E-state index contributed by atoms with van der Waals surface area (Å²) in [5, 5.41) is 12.3. The van der Waals surface area contributed by atoms with E-state index in [1.165, 1.54) is 0 Å². The summed E-state index contributed by atoms with van der Waals surface area (Å²) < 4.78 is 0. The molecule has 0 spiro atoms. The molecule has 2 saturated carbocycles. The fourth-order valence-corrected chi connectivity index (χ4v) is 3.96. The average Bonchev–Trinajstić information content (AvgIpc) is 2.77. The topological polar surface area (TPSA) is 66.4 Å². The molecule has 0 aliphatic heterocycles. The van der Waals surface area contributed by atoms with Gasteiger partial charge in [0.05, 0.1) is 5.92 Å². The van der Waals surface area contributed by atoms with Gasteiger partial charge in [0.2, 0.25) is 5.91 Å². The summed E-state index contributed by atoms with van der Waals surface area (Å²) in [6, 6.07) is 0. The van der Waals surface area contributed by atoms with Crippen molar-refractivity contribution in [3.8, 4) is 0 Å². The van der Waals surface area contributed by atoms with Crippen LogP contribution < -0.4 is 5.32 Å². The fraction of sp³-hybridized carbons (Fsp3) is 0.875. The first-order chi connectivity index (χ1) is 9.19. The van der Waals surface area contributed by atoms with Gasteiger partial charge in [-0.05, 0) is 29.6 Å². The van der Waals surface area contributed by atoms with Crippen molar-refractivity contribution in [3.05, 3.63) is 0 Å². The first kappa shape index (κ1) is 15.3. The number of amides is 1. The van der Waals surface area contributed by atoms with Crippen LogP contribution in [-0.4, -0.2) is 23.5 Å². The van der Waals surface area contributed by atoms with Gasteiger partial charge in [-0.25, -0.2) is 0 Å². The molecule has 0 heterocycles. The predicted molar refractivity (Wildman–Crippen MR) is 77.1 cm³/mol. The van der Waals surface area contributed by atoms with Crippen molar-refractivity contribution in [1.29, 1.82) is 0 Å². The van der Waals surface area contributed by atoms with Crippen molar-refractivity contribution in [2.45, 2.75) is 53.4 Å². The Hall–Kier alpha value is -1.06. The van der Waals surface area contributed by atoms with Gasteiger partial charge in [0.15, 0.2) is 0 Å². The zero-order valence-corrected chi connectivity index (χ0v) is 13.0. The SMILES string of the molecule is CC1(C)C(C(=O)NCC2CCCCC2C(=O)O)C1(C)C. The van der Waals surface area contributed by atoms with Crippen LogP contribution in [-0.2, 0) is 9.59 Å². The van der Waals surface area contributed by atoms with Crippen LogP contribution in [0.2, 0.25) is 0 Å². The number of carboxylic acids is 1. The van der Waals surface area contributed by atoms with Gasteiger partial charge in [-0.3, -0.25) is 9.59 Å². The van der Waals surface area contributed by atoms with Crippen LogP contribution in [0, 0.1) is 28.6 Å². The molecular weight excluding hydrogens is 254 g/mol. The molecule has 2 atom stereocenters. The van der Waals surface area contributed by atoms with Crippen LogP contribution in [0.5, 0.6) is 0 Å². The maximum absolute atomic E-state index is 12.3. The van der Waals surface area contributed by atoms with Crippen LogP contribution in [0.4, 0.5) is 0 Å². The van der Waals surface area contributed by atoms with Gasteiger partial charge in [-0.2, -0.15) is 0 Å². The van der Waals surface area contributed by atoms with E-state index in [1.54, 1.807) is 0 Å². The van der Waals surface area contributed by atoms with E-state index >= 15 is 0 Å². The van der Waals surface area contributed by atoms with Crippen LogP contribution in [0.25, 0.3) is 0 Å². The normalized spacial score (nSPS) is 31.6. The van der Waals surface area contributed by atoms with Crippen LogP contribution in [0.3, 0.4) is 0 Å². The Bertz CT molecular complexity index is 400. The third-order valence-corrected chi connectivity index (χ3v) is 6.05. The molecule has 114 valence electrons. The quantitative estimate of drug-likeness (QED) is 0.832. The Kier molecular flexibility index (Phi) is 3.87. The molecule has 0 radical (unpaired) electrons. The lowest BCUT2D eigenvalue weighted by Gasteiger charge is -2.28. The summed E-state index contributed by atoms with van der Waals surface area (Å²) in [7, 11) is 0.